The molecule has 2 aliphatic rings. The standard InChI is InChI=1S/C11H22N2O2/c1-14-11(4-7-15-9-11)8-13-5-2-10(12)3-6-13/h10H,2-9,12H2,1H3. The lowest BCUT2D eigenvalue weighted by Gasteiger charge is -2.36. The van der Waals surface area contributed by atoms with Crippen LogP contribution in [0.5, 0.6) is 0 Å². The normalized spacial score (nSPS) is 34.8. The van der Waals surface area contributed by atoms with Crippen LogP contribution in [0.25, 0.3) is 0 Å². The van der Waals surface area contributed by atoms with Gasteiger partial charge in [-0.1, -0.05) is 0 Å². The Labute approximate surface area is 91.7 Å². The molecule has 0 radical (unpaired) electrons. The lowest BCUT2D eigenvalue weighted by atomic mass is 9.99. The number of piperidine rings is 1. The molecule has 2 fully saturated rings. The van der Waals surface area contributed by atoms with E-state index in [1.54, 1.807) is 7.11 Å². The molecular weight excluding hydrogens is 192 g/mol. The van der Waals surface area contributed by atoms with Crippen LogP contribution in [-0.2, 0) is 9.47 Å². The first-order valence-corrected chi connectivity index (χ1v) is 5.85. The average Bonchev–Trinajstić information content (AvgIpc) is 2.71. The van der Waals surface area contributed by atoms with Crippen LogP contribution in [0.3, 0.4) is 0 Å². The largest absolute Gasteiger partial charge is 0.378 e. The highest BCUT2D eigenvalue weighted by molar-refractivity contribution is 4.89. The summed E-state index contributed by atoms with van der Waals surface area (Å²) < 4.78 is 11.1. The van der Waals surface area contributed by atoms with Gasteiger partial charge in [-0.25, -0.2) is 0 Å². The lowest BCUT2D eigenvalue weighted by molar-refractivity contribution is -0.0442. The van der Waals surface area contributed by atoms with Gasteiger partial charge in [0.25, 0.3) is 0 Å². The molecule has 15 heavy (non-hydrogen) atoms. The number of rotatable bonds is 3. The smallest absolute Gasteiger partial charge is 0.106 e. The molecule has 1 unspecified atom stereocenters. The molecule has 2 heterocycles. The molecule has 1 atom stereocenters. The molecule has 2 rings (SSSR count). The van der Waals surface area contributed by atoms with Gasteiger partial charge in [-0.15, -0.1) is 0 Å². The molecule has 0 aliphatic carbocycles. The minimum Gasteiger partial charge on any atom is -0.378 e. The first kappa shape index (κ1) is 11.3. The SMILES string of the molecule is COC1(CN2CCC(N)CC2)CCOC1. The van der Waals surface area contributed by atoms with E-state index < -0.39 is 0 Å². The molecule has 4 heteroatoms. The second-order valence-electron chi connectivity index (χ2n) is 4.80. The predicted octanol–water partition coefficient (Wildman–Crippen LogP) is 0.215. The number of hydrogen-bond acceptors (Lipinski definition) is 4. The molecule has 0 aromatic heterocycles. The van der Waals surface area contributed by atoms with Gasteiger partial charge in [0.15, 0.2) is 0 Å². The van der Waals surface area contributed by atoms with Gasteiger partial charge in [0.1, 0.15) is 5.60 Å². The Balaban J connectivity index is 1.84. The zero-order chi connectivity index (χ0) is 10.7. The minimum absolute atomic E-state index is 0.0541. The van der Waals surface area contributed by atoms with E-state index in [1.165, 1.54) is 0 Å². The number of hydrogen-bond donors (Lipinski definition) is 1. The quantitative estimate of drug-likeness (QED) is 0.730. The van der Waals surface area contributed by atoms with Crippen molar-refractivity contribution >= 4 is 0 Å². The van der Waals surface area contributed by atoms with Crippen molar-refractivity contribution in [2.45, 2.75) is 30.9 Å². The fourth-order valence-electron chi connectivity index (χ4n) is 2.46. The van der Waals surface area contributed by atoms with Crippen molar-refractivity contribution in [3.63, 3.8) is 0 Å². The Bertz CT molecular complexity index is 197. The van der Waals surface area contributed by atoms with E-state index in [2.05, 4.69) is 4.90 Å². The summed E-state index contributed by atoms with van der Waals surface area (Å²) in [4.78, 5) is 2.46. The first-order chi connectivity index (χ1) is 7.24. The molecule has 0 bridgehead atoms. The summed E-state index contributed by atoms with van der Waals surface area (Å²) in [7, 11) is 1.80. The Morgan fingerprint density at radius 3 is 2.73 bits per heavy atom. The molecule has 2 saturated heterocycles. The van der Waals surface area contributed by atoms with E-state index in [0.29, 0.717) is 6.04 Å². The van der Waals surface area contributed by atoms with Crippen molar-refractivity contribution in [2.75, 3.05) is 40.0 Å². The maximum atomic E-state index is 5.89. The number of nitrogens with two attached hydrogens (primary N) is 1. The third-order valence-corrected chi connectivity index (χ3v) is 3.64. The van der Waals surface area contributed by atoms with Crippen LogP contribution in [0.1, 0.15) is 19.3 Å². The van der Waals surface area contributed by atoms with Gasteiger partial charge in [0.2, 0.25) is 0 Å². The Kier molecular flexibility index (Phi) is 3.61. The highest BCUT2D eigenvalue weighted by Gasteiger charge is 2.37. The van der Waals surface area contributed by atoms with Gasteiger partial charge in [-0.2, -0.15) is 0 Å². The first-order valence-electron chi connectivity index (χ1n) is 5.85. The van der Waals surface area contributed by atoms with Gasteiger partial charge >= 0.3 is 0 Å². The van der Waals surface area contributed by atoms with Crippen LogP contribution in [0.4, 0.5) is 0 Å². The van der Waals surface area contributed by atoms with Crippen LogP contribution < -0.4 is 5.73 Å². The molecule has 2 N–H and O–H groups in total. The maximum absolute atomic E-state index is 5.89. The number of methoxy groups -OCH3 is 1. The second kappa shape index (κ2) is 4.78. The summed E-state index contributed by atoms with van der Waals surface area (Å²) in [5.41, 5.74) is 5.83. The van der Waals surface area contributed by atoms with E-state index in [1.807, 2.05) is 0 Å². The third kappa shape index (κ3) is 2.69. The van der Waals surface area contributed by atoms with Crippen molar-refractivity contribution in [3.05, 3.63) is 0 Å². The summed E-state index contributed by atoms with van der Waals surface area (Å²) in [5, 5.41) is 0. The summed E-state index contributed by atoms with van der Waals surface area (Å²) in [6.45, 7) is 4.78. The fourth-order valence-corrected chi connectivity index (χ4v) is 2.46. The van der Waals surface area contributed by atoms with Crippen molar-refractivity contribution in [3.8, 4) is 0 Å². The maximum Gasteiger partial charge on any atom is 0.106 e. The van der Waals surface area contributed by atoms with Crippen molar-refractivity contribution in [1.29, 1.82) is 0 Å². The predicted molar refractivity (Wildman–Crippen MR) is 58.8 cm³/mol. The fraction of sp³-hybridized carbons (Fsp3) is 1.00. The minimum atomic E-state index is -0.0541. The van der Waals surface area contributed by atoms with Gasteiger partial charge < -0.3 is 20.1 Å². The van der Waals surface area contributed by atoms with Crippen LogP contribution >= 0.6 is 0 Å². The van der Waals surface area contributed by atoms with Crippen LogP contribution in [0.2, 0.25) is 0 Å². The number of nitrogens with zero attached hydrogens (tertiary/aromatic N) is 1. The van der Waals surface area contributed by atoms with E-state index in [0.717, 1.165) is 52.1 Å². The molecule has 88 valence electrons. The van der Waals surface area contributed by atoms with Crippen molar-refractivity contribution in [2.24, 2.45) is 5.73 Å². The lowest BCUT2D eigenvalue weighted by Crippen LogP contribution is -2.49. The highest BCUT2D eigenvalue weighted by atomic mass is 16.5. The van der Waals surface area contributed by atoms with Gasteiger partial charge in [-0.3, -0.25) is 0 Å². The van der Waals surface area contributed by atoms with E-state index in [-0.39, 0.29) is 5.60 Å². The topological polar surface area (TPSA) is 47.7 Å². The summed E-state index contributed by atoms with van der Waals surface area (Å²) in [6, 6.07) is 0.402. The second-order valence-corrected chi connectivity index (χ2v) is 4.80. The zero-order valence-electron chi connectivity index (χ0n) is 9.58. The van der Waals surface area contributed by atoms with E-state index in [9.17, 15) is 0 Å². The average molecular weight is 214 g/mol. The molecule has 0 amide bonds. The van der Waals surface area contributed by atoms with Crippen molar-refractivity contribution in [1.82, 2.24) is 4.90 Å². The molecule has 4 nitrogen and oxygen atoms in total. The Hall–Kier alpha value is -0.160. The van der Waals surface area contributed by atoms with Crippen LogP contribution in [0, 0.1) is 0 Å². The molecule has 0 aromatic rings. The van der Waals surface area contributed by atoms with Crippen LogP contribution in [-0.4, -0.2) is 56.5 Å². The molecule has 0 aromatic carbocycles. The Morgan fingerprint density at radius 1 is 1.47 bits per heavy atom. The molecular formula is C11H22N2O2. The van der Waals surface area contributed by atoms with E-state index in [4.69, 9.17) is 15.2 Å². The molecule has 0 spiro atoms. The molecule has 0 saturated carbocycles. The number of ether oxygens (including phenoxy) is 2. The van der Waals surface area contributed by atoms with Crippen LogP contribution in [0.15, 0.2) is 0 Å². The van der Waals surface area contributed by atoms with Crippen molar-refractivity contribution < 1.29 is 9.47 Å². The van der Waals surface area contributed by atoms with Gasteiger partial charge in [0, 0.05) is 32.7 Å². The number of likely N-dealkylation sites (tertiary alicyclic amines) is 1. The third-order valence-electron chi connectivity index (χ3n) is 3.64. The summed E-state index contributed by atoms with van der Waals surface area (Å²) >= 11 is 0. The molecule has 2 aliphatic heterocycles. The zero-order valence-corrected chi connectivity index (χ0v) is 9.58. The van der Waals surface area contributed by atoms with E-state index >= 15 is 0 Å². The Morgan fingerprint density at radius 2 is 2.20 bits per heavy atom. The van der Waals surface area contributed by atoms with Gasteiger partial charge in [0.05, 0.1) is 6.61 Å². The summed E-state index contributed by atoms with van der Waals surface area (Å²) in [5.74, 6) is 0. The van der Waals surface area contributed by atoms with Gasteiger partial charge in [-0.05, 0) is 25.9 Å². The monoisotopic (exact) mass is 214 g/mol. The highest BCUT2D eigenvalue weighted by Crippen LogP contribution is 2.25. The summed E-state index contributed by atoms with van der Waals surface area (Å²) in [6.07, 6.45) is 3.24.